The fourth-order valence-electron chi connectivity index (χ4n) is 14.8. The number of fused-ring (bicyclic) bond motifs is 12. The first-order valence-corrected chi connectivity index (χ1v) is 31.1. The molecule has 0 atom stereocenters. The molecule has 12 aromatic carbocycles. The molecule has 476 valence electrons. The SMILES string of the molecule is [C-]#[N+]c1cccc(C(F)(F)F)c1-c1cc(-n2c3ccccc3c3c(C)cccc32)c(C#N)c(-n2c3ccccc3c3c(C)cccc32)c1.[C-]#[N+]c1cccc(C(F)(F)F)c1-c1cc(-n2c3ccccc3c3c(C)cccc32)c(C(F)(F)F)c(-n2c3ccccc3c3c(C)cccc32)c1. The van der Waals surface area contributed by atoms with E-state index in [9.17, 15) is 31.6 Å². The van der Waals surface area contributed by atoms with Crippen molar-refractivity contribution in [2.75, 3.05) is 0 Å². The van der Waals surface area contributed by atoms with Crippen LogP contribution in [0.25, 0.3) is 142 Å². The van der Waals surface area contributed by atoms with E-state index in [1.54, 1.807) is 72.8 Å². The van der Waals surface area contributed by atoms with Crippen molar-refractivity contribution in [2.24, 2.45) is 0 Å². The molecule has 0 radical (unpaired) electrons. The summed E-state index contributed by atoms with van der Waals surface area (Å²) in [6.07, 6.45) is -14.6. The molecule has 16 rings (SSSR count). The predicted octanol–water partition coefficient (Wildman–Crippen LogP) is 24.4. The molecule has 7 nitrogen and oxygen atoms in total. The second-order valence-electron chi connectivity index (χ2n) is 24.3. The molecule has 0 aliphatic carbocycles. The summed E-state index contributed by atoms with van der Waals surface area (Å²) in [4.78, 5) is 6.96. The molecule has 0 saturated heterocycles. The largest absolute Gasteiger partial charge is 0.420 e. The van der Waals surface area contributed by atoms with Gasteiger partial charge in [-0.1, -0.05) is 158 Å². The molecule has 0 spiro atoms. The topological polar surface area (TPSA) is 52.2 Å². The lowest BCUT2D eigenvalue weighted by molar-refractivity contribution is -0.138. The van der Waals surface area contributed by atoms with Crippen LogP contribution < -0.4 is 0 Å². The van der Waals surface area contributed by atoms with Crippen molar-refractivity contribution in [3.63, 3.8) is 0 Å². The van der Waals surface area contributed by atoms with E-state index in [1.807, 2.05) is 146 Å². The highest BCUT2D eigenvalue weighted by Crippen LogP contribution is 2.51. The normalized spacial score (nSPS) is 12.1. The first kappa shape index (κ1) is 61.8. The number of alkyl halides is 9. The smallest absolute Gasteiger partial charge is 0.309 e. The monoisotopic (exact) mass is 1300 g/mol. The van der Waals surface area contributed by atoms with E-state index < -0.39 is 40.8 Å². The van der Waals surface area contributed by atoms with Crippen LogP contribution in [0.2, 0.25) is 0 Å². The van der Waals surface area contributed by atoms with Gasteiger partial charge in [0, 0.05) is 43.1 Å². The van der Waals surface area contributed by atoms with E-state index in [1.165, 1.54) is 27.3 Å². The number of rotatable bonds is 6. The summed E-state index contributed by atoms with van der Waals surface area (Å²) in [6.45, 7) is 23.5. The van der Waals surface area contributed by atoms with Gasteiger partial charge in [0.15, 0.2) is 11.4 Å². The summed E-state index contributed by atoms with van der Waals surface area (Å²) >= 11 is 0. The van der Waals surface area contributed by atoms with E-state index in [4.69, 9.17) is 13.1 Å². The maximum absolute atomic E-state index is 15.9. The minimum Gasteiger partial charge on any atom is -0.309 e. The Labute approximate surface area is 554 Å². The van der Waals surface area contributed by atoms with E-state index in [-0.39, 0.29) is 39.4 Å². The van der Waals surface area contributed by atoms with Gasteiger partial charge in [0.05, 0.1) is 91.2 Å². The Balaban J connectivity index is 0.000000160. The van der Waals surface area contributed by atoms with Crippen LogP contribution in [0.4, 0.5) is 50.9 Å². The van der Waals surface area contributed by atoms with E-state index in [0.717, 1.165) is 107 Å². The zero-order chi connectivity index (χ0) is 68.4. The molecule has 0 amide bonds. The third-order valence-corrected chi connectivity index (χ3v) is 18.7. The van der Waals surface area contributed by atoms with Crippen LogP contribution in [0, 0.1) is 52.2 Å². The molecular formula is C82H50F9N7. The molecular weight excluding hydrogens is 1250 g/mol. The van der Waals surface area contributed by atoms with Gasteiger partial charge in [0.25, 0.3) is 0 Å². The number of aromatic nitrogens is 4. The van der Waals surface area contributed by atoms with Crippen molar-refractivity contribution in [3.8, 4) is 51.1 Å². The third kappa shape index (κ3) is 9.63. The minimum absolute atomic E-state index is 0.123. The molecule has 0 aliphatic heterocycles. The van der Waals surface area contributed by atoms with Crippen molar-refractivity contribution in [1.29, 1.82) is 5.26 Å². The molecule has 0 bridgehead atoms. The van der Waals surface area contributed by atoms with Gasteiger partial charge >= 0.3 is 18.5 Å². The third-order valence-electron chi connectivity index (χ3n) is 18.7. The number of hydrogen-bond acceptors (Lipinski definition) is 1. The lowest BCUT2D eigenvalue weighted by atomic mass is 9.94. The van der Waals surface area contributed by atoms with Gasteiger partial charge in [0.2, 0.25) is 0 Å². The molecule has 4 aromatic heterocycles. The van der Waals surface area contributed by atoms with Crippen LogP contribution in [0.15, 0.2) is 231 Å². The van der Waals surface area contributed by atoms with Crippen LogP contribution >= 0.6 is 0 Å². The molecule has 0 unspecified atom stereocenters. The van der Waals surface area contributed by atoms with Gasteiger partial charge < -0.3 is 18.3 Å². The zero-order valence-electron chi connectivity index (χ0n) is 52.5. The Kier molecular flexibility index (Phi) is 14.5. The van der Waals surface area contributed by atoms with Gasteiger partial charge in [-0.25, -0.2) is 9.69 Å². The predicted molar refractivity (Wildman–Crippen MR) is 372 cm³/mol. The molecule has 4 heterocycles. The van der Waals surface area contributed by atoms with Crippen molar-refractivity contribution in [2.45, 2.75) is 46.2 Å². The molecule has 0 N–H and O–H groups in total. The highest BCUT2D eigenvalue weighted by molar-refractivity contribution is 6.15. The van der Waals surface area contributed by atoms with Crippen LogP contribution in [0.1, 0.15) is 44.5 Å². The Morgan fingerprint density at radius 3 is 0.867 bits per heavy atom. The lowest BCUT2D eigenvalue weighted by Crippen LogP contribution is -2.16. The molecule has 98 heavy (non-hydrogen) atoms. The highest BCUT2D eigenvalue weighted by atomic mass is 19.4. The summed E-state index contributed by atoms with van der Waals surface area (Å²) in [5, 5.41) is 17.8. The minimum atomic E-state index is -4.97. The molecule has 0 fully saturated rings. The molecule has 16 aromatic rings. The van der Waals surface area contributed by atoms with Gasteiger partial charge in [-0.3, -0.25) is 0 Å². The maximum Gasteiger partial charge on any atom is 0.420 e. The quantitative estimate of drug-likeness (QED) is 0.121. The lowest BCUT2D eigenvalue weighted by Gasteiger charge is -2.24. The molecule has 0 aliphatic rings. The Bertz CT molecular complexity index is 5900. The molecule has 16 heteroatoms. The number of hydrogen-bond donors (Lipinski definition) is 0. The maximum atomic E-state index is 15.9. The van der Waals surface area contributed by atoms with Crippen molar-refractivity contribution >= 4 is 98.6 Å². The Morgan fingerprint density at radius 2 is 0.592 bits per heavy atom. The fraction of sp³-hybridized carbons (Fsp3) is 0.0854. The number of aryl methyl sites for hydroxylation is 4. The van der Waals surface area contributed by atoms with Crippen LogP contribution in [-0.2, 0) is 18.5 Å². The molecule has 0 saturated carbocycles. The van der Waals surface area contributed by atoms with Gasteiger partial charge in [0.1, 0.15) is 17.2 Å². The summed E-state index contributed by atoms with van der Waals surface area (Å²) in [6, 6.07) is 67.2. The van der Waals surface area contributed by atoms with E-state index in [0.29, 0.717) is 49.8 Å². The zero-order valence-corrected chi connectivity index (χ0v) is 52.5. The first-order valence-electron chi connectivity index (χ1n) is 31.1. The standard InChI is InChI=1S/C41H25F6N3.C41H25F3N4/c1-23-11-8-19-32-36(23)26-13-4-6-17-30(26)49(32)34-21-25(38-28(40(42,43)44)15-10-16-29(38)48-3)22-35(39(34)41(45,46)47)50-31-18-7-5-14-27(31)37-24(2)12-9-20-33(37)50;1-24-11-8-19-34-38(24)27-13-4-6-17-32(27)47(34)36-21-26(40-30(41(42,43)44)15-10-16-31(40)46-3)22-37(29(36)23-45)48-33-18-7-5-14-28(33)39-25(2)12-9-20-35(39)48/h4-22H,1-2H3;4-22H,1-2H3. The average Bonchev–Trinajstić information content (AvgIpc) is 1.50. The summed E-state index contributed by atoms with van der Waals surface area (Å²) in [5.74, 6) is 0. The van der Waals surface area contributed by atoms with E-state index >= 15 is 13.2 Å². The van der Waals surface area contributed by atoms with E-state index in [2.05, 4.69) is 15.8 Å². The van der Waals surface area contributed by atoms with Gasteiger partial charge in [-0.2, -0.15) is 44.8 Å². The summed E-state index contributed by atoms with van der Waals surface area (Å²) in [7, 11) is 0. The second kappa shape index (κ2) is 23.0. The van der Waals surface area contributed by atoms with Crippen LogP contribution in [-0.4, -0.2) is 18.3 Å². The number of para-hydroxylation sites is 4. The first-order chi connectivity index (χ1) is 47.1. The average molecular weight is 1300 g/mol. The summed E-state index contributed by atoms with van der Waals surface area (Å²) in [5.41, 5.74) is 5.10. The van der Waals surface area contributed by atoms with Crippen molar-refractivity contribution < 1.29 is 39.5 Å². The number of nitriles is 1. The number of benzene rings is 12. The second-order valence-corrected chi connectivity index (χ2v) is 24.3. The van der Waals surface area contributed by atoms with Crippen molar-refractivity contribution in [3.05, 3.63) is 298 Å². The van der Waals surface area contributed by atoms with Gasteiger partial charge in [-0.15, -0.1) is 0 Å². The number of halogens is 9. The van der Waals surface area contributed by atoms with Crippen molar-refractivity contribution in [1.82, 2.24) is 18.3 Å². The Morgan fingerprint density at radius 1 is 0.327 bits per heavy atom. The highest BCUT2D eigenvalue weighted by Gasteiger charge is 2.42. The fourth-order valence-corrected chi connectivity index (χ4v) is 14.8. The van der Waals surface area contributed by atoms with Crippen LogP contribution in [0.5, 0.6) is 0 Å². The van der Waals surface area contributed by atoms with Crippen LogP contribution in [0.3, 0.4) is 0 Å². The summed E-state index contributed by atoms with van der Waals surface area (Å²) < 4.78 is 143. The number of nitrogens with zero attached hydrogens (tertiary/aromatic N) is 7. The Hall–Kier alpha value is -12.3. The van der Waals surface area contributed by atoms with Gasteiger partial charge in [-0.05, 0) is 145 Å².